The third-order valence-electron chi connectivity index (χ3n) is 6.40. The molecule has 2 aromatic carbocycles. The molecule has 0 unspecified atom stereocenters. The van der Waals surface area contributed by atoms with E-state index in [9.17, 15) is 9.59 Å². The van der Waals surface area contributed by atoms with Crippen LogP contribution in [0.3, 0.4) is 0 Å². The summed E-state index contributed by atoms with van der Waals surface area (Å²) in [6.07, 6.45) is 17.9. The molecule has 0 radical (unpaired) electrons. The van der Waals surface area contributed by atoms with Crippen molar-refractivity contribution in [1.82, 2.24) is 0 Å². The van der Waals surface area contributed by atoms with Crippen molar-refractivity contribution >= 4 is 40.8 Å². The van der Waals surface area contributed by atoms with Crippen LogP contribution >= 0.6 is 28.9 Å². The van der Waals surface area contributed by atoms with Gasteiger partial charge in [0.05, 0.1) is 35.8 Å². The summed E-state index contributed by atoms with van der Waals surface area (Å²) in [7, 11) is 1.90. The van der Waals surface area contributed by atoms with Gasteiger partial charge in [0.1, 0.15) is 0 Å². The molecular weight excluding hydrogens is 519 g/mol. The predicted octanol–water partition coefficient (Wildman–Crippen LogP) is 10.1. The summed E-state index contributed by atoms with van der Waals surface area (Å²) in [6, 6.07) is 13.3. The summed E-state index contributed by atoms with van der Waals surface area (Å²) >= 11 is 0. The largest absolute Gasteiger partial charge is 0.478 e. The second-order valence-corrected chi connectivity index (χ2v) is 16.1. The quantitative estimate of drug-likeness (QED) is 0.147. The molecule has 37 heavy (non-hydrogen) atoms. The minimum absolute atomic E-state index is 0.206. The Bertz CT molecular complexity index is 840. The van der Waals surface area contributed by atoms with Gasteiger partial charge < -0.3 is 10.2 Å². The molecule has 0 fully saturated rings. The maximum absolute atomic E-state index is 11.1. The van der Waals surface area contributed by atoms with E-state index in [4.69, 9.17) is 10.2 Å². The second-order valence-electron chi connectivity index (χ2n) is 9.42. The van der Waals surface area contributed by atoms with Gasteiger partial charge in [0.25, 0.3) is 0 Å². The van der Waals surface area contributed by atoms with E-state index >= 15 is 0 Å². The van der Waals surface area contributed by atoms with Crippen LogP contribution in [-0.2, 0) is 0 Å². The third kappa shape index (κ3) is 12.7. The van der Waals surface area contributed by atoms with E-state index in [0.717, 1.165) is 0 Å². The Morgan fingerprint density at radius 2 is 0.892 bits per heavy atom. The Labute approximate surface area is 233 Å². The van der Waals surface area contributed by atoms with Gasteiger partial charge in [-0.3, -0.25) is 0 Å². The minimum Gasteiger partial charge on any atom is -0.478 e. The zero-order valence-corrected chi connectivity index (χ0v) is 25.6. The average Bonchev–Trinajstić information content (AvgIpc) is 2.91. The Balaban J connectivity index is 0.000000377. The van der Waals surface area contributed by atoms with Crippen molar-refractivity contribution in [1.29, 1.82) is 0 Å². The van der Waals surface area contributed by atoms with Crippen LogP contribution in [0, 0.1) is 0 Å². The van der Waals surface area contributed by atoms with Crippen LogP contribution in [-0.4, -0.2) is 46.8 Å². The monoisotopic (exact) mass is 565 g/mol. The molecule has 0 bridgehead atoms. The van der Waals surface area contributed by atoms with Crippen molar-refractivity contribution in [3.63, 3.8) is 0 Å². The summed E-state index contributed by atoms with van der Waals surface area (Å²) in [4.78, 5) is 23.4. The molecule has 2 N–H and O–H groups in total. The predicted molar refractivity (Wildman–Crippen MR) is 165 cm³/mol. The van der Waals surface area contributed by atoms with E-state index in [1.165, 1.54) is 85.1 Å². The van der Waals surface area contributed by atoms with Crippen LogP contribution in [0.25, 0.3) is 0 Å². The van der Waals surface area contributed by atoms with E-state index in [2.05, 4.69) is 27.7 Å². The summed E-state index contributed by atoms with van der Waals surface area (Å²) in [6.45, 7) is 9.42. The lowest BCUT2D eigenvalue weighted by Crippen LogP contribution is -2.12. The van der Waals surface area contributed by atoms with Crippen molar-refractivity contribution in [2.24, 2.45) is 0 Å². The number of benzene rings is 2. The molecule has 7 heteroatoms. The zero-order chi connectivity index (χ0) is 27.5. The van der Waals surface area contributed by atoms with E-state index in [1.807, 2.05) is 0 Å². The Hall–Kier alpha value is -1.49. The summed E-state index contributed by atoms with van der Waals surface area (Å²) < 4.78 is 0. The number of hydrogen-bond donors (Lipinski definition) is 2. The average molecular weight is 566 g/mol. The minimum atomic E-state index is -1.000. The van der Waals surface area contributed by atoms with Gasteiger partial charge in [0, 0.05) is 17.1 Å². The first-order valence-corrected chi connectivity index (χ1v) is 18.4. The van der Waals surface area contributed by atoms with Crippen molar-refractivity contribution in [2.75, 3.05) is 24.6 Å². The molecular formula is C30H46O4PS2+. The highest BCUT2D eigenvalue weighted by Crippen LogP contribution is 2.61. The number of hydrogen-bond acceptors (Lipinski definition) is 4. The molecule has 0 saturated heterocycles. The standard InChI is InChI=1S/C16H36P.C14H10O4S2/c1-5-9-13-17(14-10-6-2,15-11-7-3)16-12-8-4;15-13(16)9-5-1-3-7-11(9)19-20-12-8-4-2-6-10(12)14(17)18/h5-16H2,1-4H3;1-8H,(H,15,16)(H,17,18)/q+1;. The molecule has 0 atom stereocenters. The molecule has 0 aliphatic rings. The maximum Gasteiger partial charge on any atom is 0.336 e. The highest BCUT2D eigenvalue weighted by Gasteiger charge is 2.34. The number of unbranched alkanes of at least 4 members (excludes halogenated alkanes) is 4. The van der Waals surface area contributed by atoms with Gasteiger partial charge in [0.15, 0.2) is 0 Å². The lowest BCUT2D eigenvalue weighted by Gasteiger charge is -2.28. The van der Waals surface area contributed by atoms with Gasteiger partial charge in [0.2, 0.25) is 0 Å². The molecule has 0 amide bonds. The second kappa shape index (κ2) is 19.6. The van der Waals surface area contributed by atoms with Gasteiger partial charge in [-0.25, -0.2) is 9.59 Å². The Morgan fingerprint density at radius 1 is 0.595 bits per heavy atom. The van der Waals surface area contributed by atoms with Crippen molar-refractivity contribution in [3.8, 4) is 0 Å². The number of carboxylic acids is 2. The van der Waals surface area contributed by atoms with E-state index in [1.54, 1.807) is 61.0 Å². The maximum atomic E-state index is 11.1. The van der Waals surface area contributed by atoms with Crippen LogP contribution in [0.1, 0.15) is 99.8 Å². The number of aromatic carboxylic acids is 2. The fraction of sp³-hybridized carbons (Fsp3) is 0.533. The molecule has 4 nitrogen and oxygen atoms in total. The lowest BCUT2D eigenvalue weighted by molar-refractivity contribution is 0.0682. The van der Waals surface area contributed by atoms with Crippen LogP contribution in [0.2, 0.25) is 0 Å². The Kier molecular flexibility index (Phi) is 17.7. The summed E-state index contributed by atoms with van der Waals surface area (Å²) in [5.74, 6) is -2.00. The Morgan fingerprint density at radius 3 is 1.16 bits per heavy atom. The van der Waals surface area contributed by atoms with Gasteiger partial charge >= 0.3 is 11.9 Å². The number of rotatable bonds is 17. The lowest BCUT2D eigenvalue weighted by atomic mass is 10.2. The molecule has 0 aliphatic carbocycles. The molecule has 2 aromatic rings. The molecule has 0 spiro atoms. The van der Waals surface area contributed by atoms with Gasteiger partial charge in [-0.1, -0.05) is 99.2 Å². The molecule has 0 saturated carbocycles. The highest BCUT2D eigenvalue weighted by molar-refractivity contribution is 8.76. The summed E-state index contributed by atoms with van der Waals surface area (Å²) in [5.41, 5.74) is 0.413. The topological polar surface area (TPSA) is 74.6 Å². The van der Waals surface area contributed by atoms with Gasteiger partial charge in [-0.05, 0) is 49.9 Å². The number of carboxylic acid groups (broad SMARTS) is 2. The van der Waals surface area contributed by atoms with Crippen LogP contribution in [0.15, 0.2) is 58.3 Å². The fourth-order valence-electron chi connectivity index (χ4n) is 4.17. The van der Waals surface area contributed by atoms with Crippen LogP contribution < -0.4 is 0 Å². The van der Waals surface area contributed by atoms with Crippen molar-refractivity contribution in [3.05, 3.63) is 59.7 Å². The molecule has 0 heterocycles. The summed E-state index contributed by atoms with van der Waals surface area (Å²) in [5, 5.41) is 18.2. The van der Waals surface area contributed by atoms with Crippen LogP contribution in [0.4, 0.5) is 0 Å². The van der Waals surface area contributed by atoms with Crippen molar-refractivity contribution < 1.29 is 19.8 Å². The van der Waals surface area contributed by atoms with Gasteiger partial charge in [-0.2, -0.15) is 0 Å². The first-order valence-electron chi connectivity index (χ1n) is 13.7. The van der Waals surface area contributed by atoms with E-state index in [0.29, 0.717) is 9.79 Å². The zero-order valence-electron chi connectivity index (χ0n) is 23.1. The SMILES string of the molecule is CCCC[P+](CCCC)(CCCC)CCCC.O=C(O)c1ccccc1SSc1ccccc1C(=O)O. The number of carbonyl (C=O) groups is 2. The molecule has 206 valence electrons. The smallest absolute Gasteiger partial charge is 0.336 e. The molecule has 0 aliphatic heterocycles. The first kappa shape index (κ1) is 33.5. The normalized spacial score (nSPS) is 11.0. The van der Waals surface area contributed by atoms with Crippen LogP contribution in [0.5, 0.6) is 0 Å². The highest BCUT2D eigenvalue weighted by atomic mass is 33.1. The molecule has 2 rings (SSSR count). The first-order chi connectivity index (χ1) is 17.8. The van der Waals surface area contributed by atoms with E-state index < -0.39 is 19.2 Å². The van der Waals surface area contributed by atoms with Crippen molar-refractivity contribution in [2.45, 2.75) is 88.9 Å². The van der Waals surface area contributed by atoms with Gasteiger partial charge in [-0.15, -0.1) is 0 Å². The molecule has 0 aromatic heterocycles. The fourth-order valence-corrected chi connectivity index (χ4v) is 11.8. The van der Waals surface area contributed by atoms with E-state index in [-0.39, 0.29) is 11.1 Å². The third-order valence-corrected chi connectivity index (χ3v) is 13.9.